The quantitative estimate of drug-likeness (QED) is 0.0868. The van der Waals surface area contributed by atoms with E-state index in [2.05, 4.69) is 35.7 Å². The Hall–Kier alpha value is -6.01. The first-order valence-corrected chi connectivity index (χ1v) is 17.4. The molecular formula is C33H25N7O8S2. The second kappa shape index (κ2) is 13.1. The van der Waals surface area contributed by atoms with Crippen LogP contribution in [-0.2, 0) is 20.2 Å². The lowest BCUT2D eigenvalue weighted by Crippen LogP contribution is -2.04. The second-order valence-electron chi connectivity index (χ2n) is 11.0. The number of rotatable bonds is 8. The van der Waals surface area contributed by atoms with Gasteiger partial charge in [0.05, 0.1) is 38.8 Å². The van der Waals surface area contributed by atoms with Gasteiger partial charge < -0.3 is 10.2 Å². The van der Waals surface area contributed by atoms with Crippen molar-refractivity contribution in [1.82, 2.24) is 4.98 Å². The average molecular weight is 712 g/mol. The van der Waals surface area contributed by atoms with E-state index in [0.717, 1.165) is 11.6 Å². The number of aryl methyl sites for hydroxylation is 2. The summed E-state index contributed by atoms with van der Waals surface area (Å²) in [5, 5.41) is 46.5. The van der Waals surface area contributed by atoms with Crippen molar-refractivity contribution < 1.29 is 36.2 Å². The highest BCUT2D eigenvalue weighted by Gasteiger charge is 2.20. The topological polar surface area (TPSA) is 236 Å². The fraction of sp³-hybridized carbons (Fsp3) is 0.0606. The third kappa shape index (κ3) is 7.20. The van der Waals surface area contributed by atoms with Crippen molar-refractivity contribution in [1.29, 1.82) is 0 Å². The molecule has 5 aromatic carbocycles. The maximum absolute atomic E-state index is 11.9. The average Bonchev–Trinajstić information content (AvgIpc) is 3.06. The SMILES string of the molecule is Cc1cc(N=Nc2ccc(N=Nc3c(O)nc4ccccc4c3O)cc2C)ccc1N=Nc1ccc2c(S(=O)(=O)O)cc(S(=O)(=O)O)cc2c1. The lowest BCUT2D eigenvalue weighted by atomic mass is 10.1. The normalized spacial score (nSPS) is 12.6. The number of hydrogen-bond acceptors (Lipinski definition) is 13. The van der Waals surface area contributed by atoms with Crippen LogP contribution in [0.25, 0.3) is 21.7 Å². The molecule has 0 fully saturated rings. The molecule has 6 rings (SSSR count). The number of para-hydroxylation sites is 1. The van der Waals surface area contributed by atoms with Gasteiger partial charge in [0, 0.05) is 10.8 Å². The molecule has 6 aromatic rings. The summed E-state index contributed by atoms with van der Waals surface area (Å²) < 4.78 is 66.2. The van der Waals surface area contributed by atoms with E-state index in [1.165, 1.54) is 18.2 Å². The molecule has 0 amide bonds. The first-order valence-electron chi connectivity index (χ1n) is 14.5. The van der Waals surface area contributed by atoms with Crippen molar-refractivity contribution in [3.8, 4) is 11.6 Å². The fourth-order valence-electron chi connectivity index (χ4n) is 4.94. The van der Waals surface area contributed by atoms with E-state index in [1.54, 1.807) is 67.6 Å². The van der Waals surface area contributed by atoms with Gasteiger partial charge in [0.25, 0.3) is 20.2 Å². The molecule has 15 nitrogen and oxygen atoms in total. The van der Waals surface area contributed by atoms with Crippen LogP contribution in [0, 0.1) is 13.8 Å². The molecule has 50 heavy (non-hydrogen) atoms. The lowest BCUT2D eigenvalue weighted by Gasteiger charge is -2.07. The van der Waals surface area contributed by atoms with E-state index in [9.17, 15) is 36.2 Å². The Morgan fingerprint density at radius 1 is 0.580 bits per heavy atom. The number of nitrogens with zero attached hydrogens (tertiary/aromatic N) is 7. The molecule has 4 N–H and O–H groups in total. The van der Waals surface area contributed by atoms with Crippen LogP contribution in [0.4, 0.5) is 34.1 Å². The van der Waals surface area contributed by atoms with E-state index in [1.807, 2.05) is 6.92 Å². The maximum Gasteiger partial charge on any atom is 0.295 e. The third-order valence-corrected chi connectivity index (χ3v) is 9.17. The number of hydrogen-bond donors (Lipinski definition) is 4. The highest BCUT2D eigenvalue weighted by Crippen LogP contribution is 2.41. The second-order valence-corrected chi connectivity index (χ2v) is 13.8. The van der Waals surface area contributed by atoms with Crippen molar-refractivity contribution >= 4 is 76.0 Å². The summed E-state index contributed by atoms with van der Waals surface area (Å²) in [6, 6.07) is 22.8. The zero-order valence-electron chi connectivity index (χ0n) is 26.0. The molecule has 0 aliphatic carbocycles. The van der Waals surface area contributed by atoms with Crippen LogP contribution >= 0.6 is 0 Å². The van der Waals surface area contributed by atoms with Gasteiger partial charge in [-0.05, 0) is 103 Å². The molecule has 0 unspecified atom stereocenters. The summed E-state index contributed by atoms with van der Waals surface area (Å²) in [7, 11) is -9.58. The molecule has 252 valence electrons. The molecule has 0 saturated carbocycles. The number of azo groups is 3. The molecule has 0 radical (unpaired) electrons. The minimum atomic E-state index is -4.81. The van der Waals surface area contributed by atoms with Crippen LogP contribution in [0.1, 0.15) is 11.1 Å². The van der Waals surface area contributed by atoms with Gasteiger partial charge in [-0.2, -0.15) is 42.4 Å². The largest absolute Gasteiger partial charge is 0.505 e. The molecule has 17 heteroatoms. The van der Waals surface area contributed by atoms with E-state index in [4.69, 9.17) is 0 Å². The van der Waals surface area contributed by atoms with Crippen molar-refractivity contribution in [3.05, 3.63) is 102 Å². The summed E-state index contributed by atoms with van der Waals surface area (Å²) in [5.41, 5.74) is 3.98. The first-order chi connectivity index (χ1) is 23.7. The number of fused-ring (bicyclic) bond motifs is 2. The predicted octanol–water partition coefficient (Wildman–Crippen LogP) is 9.16. The minimum Gasteiger partial charge on any atom is -0.505 e. The summed E-state index contributed by atoms with van der Waals surface area (Å²) >= 11 is 0. The molecule has 0 saturated heterocycles. The zero-order chi connectivity index (χ0) is 35.8. The number of aromatic nitrogens is 1. The zero-order valence-corrected chi connectivity index (χ0v) is 27.7. The molecule has 0 aliphatic heterocycles. The summed E-state index contributed by atoms with van der Waals surface area (Å²) in [6.07, 6.45) is 0. The molecule has 1 heterocycles. The van der Waals surface area contributed by atoms with Gasteiger partial charge in [0.1, 0.15) is 4.90 Å². The lowest BCUT2D eigenvalue weighted by molar-refractivity contribution is 0.442. The highest BCUT2D eigenvalue weighted by atomic mass is 32.2. The Bertz CT molecular complexity index is 2660. The molecular weight excluding hydrogens is 687 g/mol. The highest BCUT2D eigenvalue weighted by molar-refractivity contribution is 7.86. The van der Waals surface area contributed by atoms with Crippen LogP contribution in [0.15, 0.2) is 131 Å². The minimum absolute atomic E-state index is 0.0261. The van der Waals surface area contributed by atoms with E-state index < -0.39 is 35.9 Å². The number of benzene rings is 5. The van der Waals surface area contributed by atoms with Gasteiger partial charge in [0.2, 0.25) is 5.88 Å². The smallest absolute Gasteiger partial charge is 0.295 e. The Kier molecular flexibility index (Phi) is 8.89. The Labute approximate surface area is 284 Å². The molecule has 1 aromatic heterocycles. The van der Waals surface area contributed by atoms with Gasteiger partial charge in [-0.15, -0.1) is 5.11 Å². The van der Waals surface area contributed by atoms with Crippen LogP contribution in [0.3, 0.4) is 0 Å². The van der Waals surface area contributed by atoms with Crippen LogP contribution < -0.4 is 0 Å². The van der Waals surface area contributed by atoms with E-state index in [-0.39, 0.29) is 27.9 Å². The standard InChI is InChI=1S/C33H25N7O8S2/c1-18-13-21(8-11-28(18)39-36-23-7-10-25-20(15-23)16-24(49(43,44)45)17-30(25)50(46,47)48)35-38-27-12-9-22(14-19(27)2)37-40-31-32(41)26-5-3-4-6-29(26)34-33(31)42/h3-17H,1-2H3,(H2,34,41,42)(H,43,44,45)(H,46,47,48). The van der Waals surface area contributed by atoms with Crippen LogP contribution in [0.5, 0.6) is 11.6 Å². The van der Waals surface area contributed by atoms with Gasteiger partial charge in [-0.3, -0.25) is 9.11 Å². The Balaban J connectivity index is 1.18. The van der Waals surface area contributed by atoms with Crippen LogP contribution in [-0.4, -0.2) is 41.1 Å². The van der Waals surface area contributed by atoms with E-state index >= 15 is 0 Å². The van der Waals surface area contributed by atoms with Gasteiger partial charge in [-0.1, -0.05) is 18.2 Å². The third-order valence-electron chi connectivity index (χ3n) is 7.44. The van der Waals surface area contributed by atoms with Crippen molar-refractivity contribution in [3.63, 3.8) is 0 Å². The van der Waals surface area contributed by atoms with E-state index in [0.29, 0.717) is 45.3 Å². The Morgan fingerprint density at radius 2 is 1.14 bits per heavy atom. The van der Waals surface area contributed by atoms with Gasteiger partial charge in [0.15, 0.2) is 11.4 Å². The molecule has 0 spiro atoms. The fourth-order valence-corrected chi connectivity index (χ4v) is 6.30. The first kappa shape index (κ1) is 33.9. The molecule has 0 bridgehead atoms. The number of aromatic hydroxyl groups is 2. The molecule has 0 atom stereocenters. The Morgan fingerprint density at radius 3 is 1.72 bits per heavy atom. The van der Waals surface area contributed by atoms with Crippen molar-refractivity contribution in [2.24, 2.45) is 30.7 Å². The monoisotopic (exact) mass is 711 g/mol. The van der Waals surface area contributed by atoms with Gasteiger partial charge >= 0.3 is 0 Å². The summed E-state index contributed by atoms with van der Waals surface area (Å²) in [5.74, 6) is -0.679. The summed E-state index contributed by atoms with van der Waals surface area (Å²) in [6.45, 7) is 3.60. The van der Waals surface area contributed by atoms with Gasteiger partial charge in [-0.25, -0.2) is 4.98 Å². The predicted molar refractivity (Wildman–Crippen MR) is 184 cm³/mol. The van der Waals surface area contributed by atoms with Crippen molar-refractivity contribution in [2.45, 2.75) is 23.6 Å². The number of pyridine rings is 1. The van der Waals surface area contributed by atoms with Crippen LogP contribution in [0.2, 0.25) is 0 Å². The molecule has 0 aliphatic rings. The van der Waals surface area contributed by atoms with Crippen molar-refractivity contribution in [2.75, 3.05) is 0 Å². The summed E-state index contributed by atoms with van der Waals surface area (Å²) in [4.78, 5) is 2.67. The maximum atomic E-state index is 11.9.